The van der Waals surface area contributed by atoms with Crippen LogP contribution in [0.5, 0.6) is 0 Å². The van der Waals surface area contributed by atoms with Gasteiger partial charge in [0, 0.05) is 18.7 Å². The van der Waals surface area contributed by atoms with Gasteiger partial charge in [0.15, 0.2) is 5.58 Å². The van der Waals surface area contributed by atoms with Crippen molar-refractivity contribution in [2.75, 3.05) is 18.4 Å². The number of carbonyl (C=O) groups excluding carboxylic acids is 2. The first-order valence-electron chi connectivity index (χ1n) is 9.59. The standard InChI is InChI=1S/C19H21ClN4O3/c20-11-10-12-15(27-16(21-12)17(25)24-8-4-5-9-24)13-14(11)22-18(26)23-19(13)6-2-1-3-7-19/h10H,1-9H2,(H2,22,23,26). The molecule has 1 spiro atoms. The number of aromatic nitrogens is 1. The number of benzene rings is 1. The summed E-state index contributed by atoms with van der Waals surface area (Å²) in [5.41, 5.74) is 1.99. The van der Waals surface area contributed by atoms with Gasteiger partial charge < -0.3 is 20.0 Å². The van der Waals surface area contributed by atoms with Crippen LogP contribution in [0.3, 0.4) is 0 Å². The van der Waals surface area contributed by atoms with Gasteiger partial charge >= 0.3 is 11.9 Å². The molecule has 1 saturated carbocycles. The molecule has 7 nitrogen and oxygen atoms in total. The van der Waals surface area contributed by atoms with Crippen LogP contribution < -0.4 is 10.6 Å². The van der Waals surface area contributed by atoms with Crippen LogP contribution in [0.2, 0.25) is 5.02 Å². The topological polar surface area (TPSA) is 87.5 Å². The van der Waals surface area contributed by atoms with E-state index in [9.17, 15) is 9.59 Å². The number of hydrogen-bond donors (Lipinski definition) is 2. The van der Waals surface area contributed by atoms with E-state index < -0.39 is 5.54 Å². The van der Waals surface area contributed by atoms with Gasteiger partial charge in [-0.1, -0.05) is 30.9 Å². The minimum Gasteiger partial charge on any atom is -0.432 e. The number of oxazole rings is 1. The summed E-state index contributed by atoms with van der Waals surface area (Å²) in [4.78, 5) is 31.2. The number of nitrogens with one attached hydrogen (secondary N) is 2. The monoisotopic (exact) mass is 388 g/mol. The van der Waals surface area contributed by atoms with Crippen molar-refractivity contribution in [3.05, 3.63) is 22.5 Å². The molecule has 0 radical (unpaired) electrons. The zero-order valence-electron chi connectivity index (χ0n) is 14.9. The summed E-state index contributed by atoms with van der Waals surface area (Å²) in [7, 11) is 0. The number of urea groups is 1. The summed E-state index contributed by atoms with van der Waals surface area (Å²) >= 11 is 6.49. The second kappa shape index (κ2) is 6.12. The third-order valence-corrected chi connectivity index (χ3v) is 6.28. The fourth-order valence-corrected chi connectivity index (χ4v) is 4.96. The summed E-state index contributed by atoms with van der Waals surface area (Å²) < 4.78 is 6.01. The van der Waals surface area contributed by atoms with Crippen molar-refractivity contribution >= 4 is 40.3 Å². The van der Waals surface area contributed by atoms with Crippen molar-refractivity contribution in [1.29, 1.82) is 0 Å². The lowest BCUT2D eigenvalue weighted by Crippen LogP contribution is -2.52. The van der Waals surface area contributed by atoms with E-state index >= 15 is 0 Å². The smallest absolute Gasteiger partial charge is 0.319 e. The molecule has 3 heterocycles. The molecule has 2 N–H and O–H groups in total. The molecule has 8 heteroatoms. The number of hydrogen-bond acceptors (Lipinski definition) is 4. The molecule has 3 aliphatic rings. The van der Waals surface area contributed by atoms with Gasteiger partial charge in [0.05, 0.1) is 16.2 Å². The maximum Gasteiger partial charge on any atom is 0.319 e. The Morgan fingerprint density at radius 1 is 1.19 bits per heavy atom. The SMILES string of the molecule is O=C1Nc2c(Cl)cc3nc(C(=O)N4CCCC4)oc3c2C2(CCCCC2)N1. The van der Waals surface area contributed by atoms with Crippen molar-refractivity contribution in [3.63, 3.8) is 0 Å². The van der Waals surface area contributed by atoms with Gasteiger partial charge in [-0.3, -0.25) is 4.79 Å². The molecule has 1 aliphatic carbocycles. The van der Waals surface area contributed by atoms with Gasteiger partial charge in [0.2, 0.25) is 0 Å². The van der Waals surface area contributed by atoms with Gasteiger partial charge in [-0.2, -0.15) is 0 Å². The Labute approximate surface area is 161 Å². The Kier molecular flexibility index (Phi) is 3.82. The number of halogens is 1. The van der Waals surface area contributed by atoms with Crippen LogP contribution in [0.4, 0.5) is 10.5 Å². The Morgan fingerprint density at radius 2 is 1.93 bits per heavy atom. The highest BCUT2D eigenvalue weighted by Crippen LogP contribution is 2.48. The van der Waals surface area contributed by atoms with Gasteiger partial charge in [-0.25, -0.2) is 9.78 Å². The molecular weight excluding hydrogens is 368 g/mol. The molecule has 0 atom stereocenters. The summed E-state index contributed by atoms with van der Waals surface area (Å²) in [5.74, 6) is -0.0849. The maximum atomic E-state index is 12.7. The Bertz CT molecular complexity index is 942. The van der Waals surface area contributed by atoms with Gasteiger partial charge in [0.25, 0.3) is 5.89 Å². The normalized spacial score (nSPS) is 21.2. The lowest BCUT2D eigenvalue weighted by molar-refractivity contribution is 0.0755. The van der Waals surface area contributed by atoms with Crippen LogP contribution in [-0.4, -0.2) is 34.9 Å². The lowest BCUT2D eigenvalue weighted by atomic mass is 9.74. The number of likely N-dealkylation sites (tertiary alicyclic amines) is 1. The van der Waals surface area contributed by atoms with Crippen LogP contribution >= 0.6 is 11.6 Å². The van der Waals surface area contributed by atoms with E-state index in [-0.39, 0.29) is 17.8 Å². The second-order valence-electron chi connectivity index (χ2n) is 7.70. The van der Waals surface area contributed by atoms with Crippen LogP contribution in [-0.2, 0) is 5.54 Å². The number of nitrogens with zero attached hydrogens (tertiary/aromatic N) is 2. The summed E-state index contributed by atoms with van der Waals surface area (Å²) in [5, 5.41) is 6.35. The fourth-order valence-electron chi connectivity index (χ4n) is 4.71. The summed E-state index contributed by atoms with van der Waals surface area (Å²) in [6.45, 7) is 1.47. The predicted octanol–water partition coefficient (Wildman–Crippen LogP) is 4.01. The van der Waals surface area contributed by atoms with Crippen molar-refractivity contribution < 1.29 is 14.0 Å². The number of anilines is 1. The molecule has 2 fully saturated rings. The van der Waals surface area contributed by atoms with E-state index in [4.69, 9.17) is 16.0 Å². The third kappa shape index (κ3) is 2.59. The van der Waals surface area contributed by atoms with Crippen molar-refractivity contribution in [3.8, 4) is 0 Å². The minimum atomic E-state index is -0.521. The zero-order valence-corrected chi connectivity index (χ0v) is 15.7. The lowest BCUT2D eigenvalue weighted by Gasteiger charge is -2.42. The number of amides is 3. The van der Waals surface area contributed by atoms with E-state index in [2.05, 4.69) is 15.6 Å². The van der Waals surface area contributed by atoms with Gasteiger partial charge in [-0.05, 0) is 31.7 Å². The summed E-state index contributed by atoms with van der Waals surface area (Å²) in [6, 6.07) is 1.42. The number of carbonyl (C=O) groups is 2. The molecular formula is C19H21ClN4O3. The second-order valence-corrected chi connectivity index (χ2v) is 8.10. The highest BCUT2D eigenvalue weighted by Gasteiger charge is 2.44. The quantitative estimate of drug-likeness (QED) is 0.772. The fraction of sp³-hybridized carbons (Fsp3) is 0.526. The predicted molar refractivity (Wildman–Crippen MR) is 101 cm³/mol. The van der Waals surface area contributed by atoms with Crippen LogP contribution in [0, 0.1) is 0 Å². The van der Waals surface area contributed by atoms with Gasteiger partial charge in [0.1, 0.15) is 5.52 Å². The molecule has 1 aromatic carbocycles. The first-order valence-corrected chi connectivity index (χ1v) is 9.97. The molecule has 2 aliphatic heterocycles. The Balaban J connectivity index is 1.68. The van der Waals surface area contributed by atoms with Crippen LogP contribution in [0.15, 0.2) is 10.5 Å². The Morgan fingerprint density at radius 3 is 2.67 bits per heavy atom. The zero-order chi connectivity index (χ0) is 18.6. The molecule has 3 amide bonds. The Hall–Kier alpha value is -2.28. The number of fused-ring (bicyclic) bond motifs is 4. The molecule has 142 valence electrons. The molecule has 1 aromatic heterocycles. The van der Waals surface area contributed by atoms with Crippen LogP contribution in [0.25, 0.3) is 11.1 Å². The molecule has 0 unspecified atom stereocenters. The maximum absolute atomic E-state index is 12.7. The van der Waals surface area contributed by atoms with E-state index in [1.807, 2.05) is 0 Å². The van der Waals surface area contributed by atoms with Gasteiger partial charge in [-0.15, -0.1) is 0 Å². The molecule has 0 bridgehead atoms. The first-order chi connectivity index (χ1) is 13.1. The van der Waals surface area contributed by atoms with E-state index in [0.717, 1.165) is 63.6 Å². The molecule has 1 saturated heterocycles. The van der Waals surface area contributed by atoms with Crippen molar-refractivity contribution in [2.45, 2.75) is 50.5 Å². The molecule has 2 aromatic rings. The highest BCUT2D eigenvalue weighted by molar-refractivity contribution is 6.35. The average Bonchev–Trinajstić information content (AvgIpc) is 3.31. The largest absolute Gasteiger partial charge is 0.432 e. The first kappa shape index (κ1) is 16.9. The van der Waals surface area contributed by atoms with E-state index in [0.29, 0.717) is 21.8 Å². The third-order valence-electron chi connectivity index (χ3n) is 5.99. The van der Waals surface area contributed by atoms with Crippen molar-refractivity contribution in [1.82, 2.24) is 15.2 Å². The van der Waals surface area contributed by atoms with Crippen molar-refractivity contribution in [2.24, 2.45) is 0 Å². The molecule has 27 heavy (non-hydrogen) atoms. The van der Waals surface area contributed by atoms with E-state index in [1.54, 1.807) is 11.0 Å². The number of rotatable bonds is 1. The summed E-state index contributed by atoms with van der Waals surface area (Å²) in [6.07, 6.45) is 6.82. The highest BCUT2D eigenvalue weighted by atomic mass is 35.5. The average molecular weight is 389 g/mol. The molecule has 5 rings (SSSR count). The van der Waals surface area contributed by atoms with E-state index in [1.165, 1.54) is 0 Å². The van der Waals surface area contributed by atoms with Crippen LogP contribution in [0.1, 0.15) is 61.2 Å². The minimum absolute atomic E-state index is 0.0965.